The Morgan fingerprint density at radius 2 is 2.25 bits per heavy atom. The highest BCUT2D eigenvalue weighted by atomic mass is 32.2. The lowest BCUT2D eigenvalue weighted by atomic mass is 10.2. The van der Waals surface area contributed by atoms with Crippen molar-refractivity contribution >= 4 is 32.9 Å². The van der Waals surface area contributed by atoms with Crippen LogP contribution in [0.3, 0.4) is 0 Å². The van der Waals surface area contributed by atoms with E-state index in [0.29, 0.717) is 11.3 Å². The Kier molecular flexibility index (Phi) is 4.81. The van der Waals surface area contributed by atoms with Crippen molar-refractivity contribution in [3.63, 3.8) is 0 Å². The molecule has 0 fully saturated rings. The molecule has 0 saturated carbocycles. The van der Waals surface area contributed by atoms with Crippen molar-refractivity contribution in [2.75, 3.05) is 11.5 Å². The zero-order valence-corrected chi connectivity index (χ0v) is 13.2. The zero-order valence-electron chi connectivity index (χ0n) is 10.7. The molecule has 0 aliphatic heterocycles. The van der Waals surface area contributed by atoms with E-state index in [0.717, 1.165) is 10.0 Å². The van der Waals surface area contributed by atoms with Crippen LogP contribution < -0.4 is 0 Å². The first-order chi connectivity index (χ1) is 9.51. The highest BCUT2D eigenvalue weighted by molar-refractivity contribution is 8.02. The maximum atomic E-state index is 12.2. The quantitative estimate of drug-likeness (QED) is 0.791. The Morgan fingerprint density at radius 3 is 2.90 bits per heavy atom. The number of benzene rings is 1. The Labute approximate surface area is 126 Å². The van der Waals surface area contributed by atoms with Gasteiger partial charge in [0.05, 0.1) is 22.3 Å². The average molecular weight is 324 g/mol. The lowest BCUT2D eigenvalue weighted by Crippen LogP contribution is -2.09. The number of nitrogens with zero attached hydrogens (tertiary/aromatic N) is 2. The molecule has 104 valence electrons. The molecule has 0 bridgehead atoms. The van der Waals surface area contributed by atoms with Gasteiger partial charge in [-0.2, -0.15) is 5.26 Å². The molecular weight excluding hydrogens is 312 g/mol. The van der Waals surface area contributed by atoms with E-state index in [-0.39, 0.29) is 10.6 Å². The van der Waals surface area contributed by atoms with E-state index in [1.165, 1.54) is 35.2 Å². The summed E-state index contributed by atoms with van der Waals surface area (Å²) >= 11 is 2.95. The van der Waals surface area contributed by atoms with Gasteiger partial charge in [0.25, 0.3) is 0 Å². The number of rotatable bonds is 5. The number of thiazole rings is 1. The third-order valence-corrected chi connectivity index (χ3v) is 6.61. The smallest absolute Gasteiger partial charge is 0.179 e. The molecule has 0 saturated heterocycles. The maximum absolute atomic E-state index is 12.2. The summed E-state index contributed by atoms with van der Waals surface area (Å²) in [5.74, 6) is 0.483. The summed E-state index contributed by atoms with van der Waals surface area (Å²) in [7, 11) is -3.35. The number of sulfone groups is 1. The zero-order chi connectivity index (χ0) is 14.6. The van der Waals surface area contributed by atoms with Crippen LogP contribution in [0.2, 0.25) is 0 Å². The van der Waals surface area contributed by atoms with Crippen molar-refractivity contribution in [2.24, 2.45) is 0 Å². The fourth-order valence-corrected chi connectivity index (χ4v) is 5.12. The highest BCUT2D eigenvalue weighted by Crippen LogP contribution is 2.23. The van der Waals surface area contributed by atoms with Crippen LogP contribution >= 0.6 is 23.1 Å². The van der Waals surface area contributed by atoms with E-state index >= 15 is 0 Å². The van der Waals surface area contributed by atoms with Gasteiger partial charge in [0.1, 0.15) is 4.34 Å². The highest BCUT2D eigenvalue weighted by Gasteiger charge is 2.15. The van der Waals surface area contributed by atoms with Gasteiger partial charge >= 0.3 is 0 Å². The molecule has 1 aromatic heterocycles. The summed E-state index contributed by atoms with van der Waals surface area (Å²) in [6.07, 6.45) is 0. The van der Waals surface area contributed by atoms with Gasteiger partial charge in [0, 0.05) is 16.8 Å². The molecular formula is C13H12N2O2S3. The maximum Gasteiger partial charge on any atom is 0.179 e. The fourth-order valence-electron chi connectivity index (χ4n) is 1.51. The largest absolute Gasteiger partial charge is 0.235 e. The third-order valence-electron chi connectivity index (χ3n) is 2.50. The van der Waals surface area contributed by atoms with E-state index in [1.807, 2.05) is 18.4 Å². The minimum Gasteiger partial charge on any atom is -0.235 e. The molecule has 0 aliphatic carbocycles. The Morgan fingerprint density at radius 1 is 1.45 bits per heavy atom. The Hall–Kier alpha value is -1.36. The molecule has 0 amide bonds. The average Bonchev–Trinajstić information content (AvgIpc) is 2.84. The van der Waals surface area contributed by atoms with Crippen LogP contribution in [0.1, 0.15) is 11.3 Å². The second-order valence-corrected chi connectivity index (χ2v) is 8.37. The summed E-state index contributed by atoms with van der Waals surface area (Å²) in [6, 6.07) is 8.05. The first-order valence-corrected chi connectivity index (χ1v) is 9.31. The second-order valence-electron chi connectivity index (χ2n) is 4.06. The van der Waals surface area contributed by atoms with Crippen LogP contribution in [0.15, 0.2) is 38.9 Å². The van der Waals surface area contributed by atoms with Gasteiger partial charge in [-0.25, -0.2) is 13.4 Å². The van der Waals surface area contributed by atoms with Crippen molar-refractivity contribution < 1.29 is 8.42 Å². The normalized spacial score (nSPS) is 11.2. The summed E-state index contributed by atoms with van der Waals surface area (Å²) in [6.45, 7) is 1.91. The number of aromatic nitrogens is 1. The monoisotopic (exact) mass is 324 g/mol. The number of hydrogen-bond acceptors (Lipinski definition) is 6. The summed E-state index contributed by atoms with van der Waals surface area (Å²) in [5, 5.41) is 10.7. The molecule has 2 rings (SSSR count). The van der Waals surface area contributed by atoms with E-state index < -0.39 is 9.84 Å². The van der Waals surface area contributed by atoms with Crippen LogP contribution in [0, 0.1) is 18.3 Å². The van der Waals surface area contributed by atoms with Crippen molar-refractivity contribution in [2.45, 2.75) is 16.2 Å². The Balaban J connectivity index is 2.02. The molecule has 0 atom stereocenters. The molecule has 2 aromatic rings. The summed E-state index contributed by atoms with van der Waals surface area (Å²) < 4.78 is 25.2. The van der Waals surface area contributed by atoms with Crippen LogP contribution in [0.25, 0.3) is 0 Å². The lowest BCUT2D eigenvalue weighted by Gasteiger charge is -2.03. The number of thioether (sulfide) groups is 1. The Bertz CT molecular complexity index is 745. The predicted octanol–water partition coefficient (Wildman–Crippen LogP) is 2.89. The second kappa shape index (κ2) is 6.39. The fraction of sp³-hybridized carbons (Fsp3) is 0.231. The third kappa shape index (κ3) is 3.82. The first-order valence-electron chi connectivity index (χ1n) is 5.79. The van der Waals surface area contributed by atoms with E-state index in [9.17, 15) is 8.42 Å². The summed E-state index contributed by atoms with van der Waals surface area (Å²) in [4.78, 5) is 4.48. The van der Waals surface area contributed by atoms with Gasteiger partial charge in [-0.05, 0) is 25.1 Å². The van der Waals surface area contributed by atoms with Gasteiger partial charge in [0.2, 0.25) is 0 Å². The van der Waals surface area contributed by atoms with Crippen LogP contribution in [0.4, 0.5) is 0 Å². The van der Waals surface area contributed by atoms with E-state index in [4.69, 9.17) is 5.26 Å². The first kappa shape index (κ1) is 15.0. The van der Waals surface area contributed by atoms with Gasteiger partial charge in [-0.1, -0.05) is 17.8 Å². The predicted molar refractivity (Wildman–Crippen MR) is 80.8 cm³/mol. The van der Waals surface area contributed by atoms with Crippen molar-refractivity contribution in [3.8, 4) is 6.07 Å². The van der Waals surface area contributed by atoms with Gasteiger partial charge < -0.3 is 0 Å². The summed E-state index contributed by atoms with van der Waals surface area (Å²) in [5.41, 5.74) is 1.30. The minimum absolute atomic E-state index is 0.0329. The van der Waals surface area contributed by atoms with Crippen LogP contribution in [0.5, 0.6) is 0 Å². The van der Waals surface area contributed by atoms with Crippen LogP contribution in [-0.2, 0) is 9.84 Å². The lowest BCUT2D eigenvalue weighted by molar-refractivity contribution is 0.597. The number of aryl methyl sites for hydroxylation is 1. The molecule has 0 aliphatic rings. The molecule has 0 N–H and O–H groups in total. The molecule has 0 unspecified atom stereocenters. The van der Waals surface area contributed by atoms with Crippen LogP contribution in [-0.4, -0.2) is 24.9 Å². The number of nitriles is 1. The molecule has 0 radical (unpaired) electrons. The standard InChI is InChI=1S/C13H12N2O2S3/c1-10-9-19-13(15-10)18-5-6-20(16,17)12-4-2-3-11(7-12)8-14/h2-4,7,9H,5-6H2,1H3. The SMILES string of the molecule is Cc1csc(SCCS(=O)(=O)c2cccc(C#N)c2)n1. The topological polar surface area (TPSA) is 70.8 Å². The molecule has 20 heavy (non-hydrogen) atoms. The van der Waals surface area contributed by atoms with Gasteiger partial charge in [0.15, 0.2) is 9.84 Å². The minimum atomic E-state index is -3.35. The van der Waals surface area contributed by atoms with E-state index in [1.54, 1.807) is 12.1 Å². The molecule has 4 nitrogen and oxygen atoms in total. The number of hydrogen-bond donors (Lipinski definition) is 0. The van der Waals surface area contributed by atoms with Crippen molar-refractivity contribution in [3.05, 3.63) is 40.9 Å². The molecule has 7 heteroatoms. The van der Waals surface area contributed by atoms with Crippen molar-refractivity contribution in [1.29, 1.82) is 5.26 Å². The van der Waals surface area contributed by atoms with Crippen molar-refractivity contribution in [1.82, 2.24) is 4.98 Å². The van der Waals surface area contributed by atoms with E-state index in [2.05, 4.69) is 4.98 Å². The van der Waals surface area contributed by atoms with Gasteiger partial charge in [-0.15, -0.1) is 11.3 Å². The van der Waals surface area contributed by atoms with Gasteiger partial charge in [-0.3, -0.25) is 0 Å². The molecule has 1 aromatic carbocycles. The molecule has 0 spiro atoms. The molecule has 1 heterocycles.